The third kappa shape index (κ3) is 120. The summed E-state index contributed by atoms with van der Waals surface area (Å²) < 4.78 is 26.5. The van der Waals surface area contributed by atoms with Gasteiger partial charge >= 0.3 is 44.3 Å². The minimum Gasteiger partial charge on any atom is 0 e. The molecule has 0 heterocycles. The molecule has 0 aromatic rings. The quantitative estimate of drug-likeness (QED) is 0.0554. The SMILES string of the molecule is C.C.C.C.C.C.C.C.C=CC(=O)OCC[N+](C)(C)C.C=COC(C)=O.CCC(CC(C)C(=O)OCC[N+](C)(C)C)OC(C)=O.C[C-]=O.[B].[Cl-].[Cl-].[NH]=[Al].[V]. The van der Waals surface area contributed by atoms with Gasteiger partial charge in [-0.2, -0.15) is 6.92 Å². The van der Waals surface area contributed by atoms with Gasteiger partial charge in [-0.3, -0.25) is 20.7 Å². The van der Waals surface area contributed by atoms with E-state index in [2.05, 4.69) is 17.9 Å². The largest absolute Gasteiger partial charge is 0 e. The molecule has 0 fully saturated rings. The van der Waals surface area contributed by atoms with Gasteiger partial charge in [-0.15, -0.1) is 0 Å². The molecule has 2 atom stereocenters. The zero-order valence-electron chi connectivity index (χ0n) is 28.9. The number of likely N-dealkylation sites (N-methyl/N-ethyl adjacent to an activating group) is 2. The number of halogens is 2. The Hall–Kier alpha value is -1.49. The van der Waals surface area contributed by atoms with E-state index in [0.717, 1.165) is 28.3 Å². The molecule has 53 heavy (non-hydrogen) atoms. The normalized spacial score (nSPS) is 8.57. The standard InChI is InChI=1S/C14H28NO4.C8H16NO2.C4H6O2.C2H3O.8CH4.Al.B.2ClH.HN.V/c1-7-13(19-12(3)16)10-11(2)14(17)18-9-8-15(4,5)6;1-5-8(10)11-7-6-9(2,3)4;1-3-6-4(2)5;1-2-3;;;;;;;;;;;;;;/h11,13H,7-10H2,1-6H3;5H,1,6-7H2,2-4H3;3H,1H2,2H3;1H3;8*1H4;;;3*1H;/q2*+1;;-1;;;;;;;;;;;;;;/p-2. The smallest absolute Gasteiger partial charge is 0 e. The first-order valence-electron chi connectivity index (χ1n) is 12.9. The molecule has 5 radical (unpaired) electrons. The van der Waals surface area contributed by atoms with Gasteiger partial charge < -0.3 is 57.5 Å². The third-order valence-electron chi connectivity index (χ3n) is 4.24. The van der Waals surface area contributed by atoms with Gasteiger partial charge in [0.1, 0.15) is 32.4 Å². The van der Waals surface area contributed by atoms with Crippen molar-refractivity contribution in [2.45, 2.75) is 113 Å². The Labute approximate surface area is 365 Å². The summed E-state index contributed by atoms with van der Waals surface area (Å²) in [6.07, 6.45) is 4.78. The number of ether oxygens (including phenoxy) is 4. The summed E-state index contributed by atoms with van der Waals surface area (Å²) in [5.41, 5.74) is 0. The summed E-state index contributed by atoms with van der Waals surface area (Å²) in [6.45, 7) is 16.7. The Morgan fingerprint density at radius 2 is 1.09 bits per heavy atom. The average Bonchev–Trinajstić information content (AvgIpc) is 2.84. The Morgan fingerprint density at radius 1 is 0.774 bits per heavy atom. The Bertz CT molecular complexity index is 779. The summed E-state index contributed by atoms with van der Waals surface area (Å²) in [5.74, 6) is -1.46. The van der Waals surface area contributed by atoms with Crippen LogP contribution in [0.1, 0.15) is 107 Å². The molecule has 0 spiro atoms. The van der Waals surface area contributed by atoms with Crippen LogP contribution in [0.4, 0.5) is 0 Å². The Balaban J connectivity index is -0.0000000224. The molecule has 0 aliphatic carbocycles. The van der Waals surface area contributed by atoms with Crippen LogP contribution in [0.15, 0.2) is 25.5 Å². The van der Waals surface area contributed by atoms with Crippen molar-refractivity contribution in [2.75, 3.05) is 68.6 Å². The van der Waals surface area contributed by atoms with Gasteiger partial charge in [0.25, 0.3) is 0 Å². The zero-order valence-corrected chi connectivity index (χ0v) is 33.0. The summed E-state index contributed by atoms with van der Waals surface area (Å²) >= 11 is 1.67. The molecule has 0 aromatic carbocycles. The molecular formula is C36H86AlBCl2N3O9V-. The summed E-state index contributed by atoms with van der Waals surface area (Å²) in [5, 5.41) is 0. The first kappa shape index (κ1) is 110. The molecule has 0 saturated carbocycles. The molecule has 12 nitrogen and oxygen atoms in total. The molecule has 2 unspecified atom stereocenters. The Kier molecular flexibility index (Phi) is 150. The molecule has 0 aromatic heterocycles. The second-order valence-electron chi connectivity index (χ2n) is 10.3. The number of nitrogens with zero attached hydrogens (tertiary/aromatic N) is 2. The molecule has 0 aliphatic heterocycles. The number of quaternary nitrogens is 2. The summed E-state index contributed by atoms with van der Waals surface area (Å²) in [6, 6.07) is 0. The average molecular weight is 865 g/mol. The maximum Gasteiger partial charge on any atom is 0 e. The van der Waals surface area contributed by atoms with Crippen molar-refractivity contribution in [3.63, 3.8) is 0 Å². The van der Waals surface area contributed by atoms with Crippen LogP contribution in [-0.2, 0) is 61.5 Å². The second-order valence-corrected chi connectivity index (χ2v) is 10.3. The molecule has 1 N–H and O–H groups in total. The third-order valence-corrected chi connectivity index (χ3v) is 4.24. The van der Waals surface area contributed by atoms with E-state index in [9.17, 15) is 19.2 Å². The monoisotopic (exact) mass is 864 g/mol. The van der Waals surface area contributed by atoms with E-state index in [1.54, 1.807) is 23.0 Å². The predicted octanol–water partition coefficient (Wildman–Crippen LogP) is 1.47. The topological polar surface area (TPSA) is 146 Å². The molecule has 0 bridgehead atoms. The Morgan fingerprint density at radius 3 is 1.30 bits per heavy atom. The maximum absolute atomic E-state index is 11.8. The van der Waals surface area contributed by atoms with Crippen molar-refractivity contribution >= 4 is 54.7 Å². The van der Waals surface area contributed by atoms with Gasteiger partial charge in [-0.05, 0) is 12.8 Å². The van der Waals surface area contributed by atoms with Gasteiger partial charge in [0, 0.05) is 46.9 Å². The number of nitrogens with one attached hydrogen (secondary N) is 1. The molecule has 17 heteroatoms. The van der Waals surface area contributed by atoms with Crippen molar-refractivity contribution in [1.29, 1.82) is 4.35 Å². The van der Waals surface area contributed by atoms with Crippen LogP contribution in [0.2, 0.25) is 0 Å². The number of rotatable bonds is 13. The van der Waals surface area contributed by atoms with E-state index in [0.29, 0.717) is 26.1 Å². The molecular weight excluding hydrogens is 778 g/mol. The summed E-state index contributed by atoms with van der Waals surface area (Å²) in [4.78, 5) is 51.7. The number of hydrogen-bond donors (Lipinski definition) is 1. The van der Waals surface area contributed by atoms with Crippen LogP contribution in [0.25, 0.3) is 0 Å². The molecule has 0 aliphatic rings. The van der Waals surface area contributed by atoms with Crippen LogP contribution in [0.5, 0.6) is 0 Å². The molecule has 0 saturated heterocycles. The molecule has 0 amide bonds. The van der Waals surface area contributed by atoms with E-state index in [1.165, 1.54) is 33.1 Å². The van der Waals surface area contributed by atoms with Crippen molar-refractivity contribution < 1.29 is 95.3 Å². The van der Waals surface area contributed by atoms with E-state index in [1.807, 2.05) is 49.2 Å². The number of carbonyl (C=O) groups excluding carboxylic acids is 5. The first-order valence-corrected chi connectivity index (χ1v) is 13.5. The molecule has 325 valence electrons. The fraction of sp³-hybridized carbons (Fsp3) is 0.750. The first-order chi connectivity index (χ1) is 18.8. The van der Waals surface area contributed by atoms with Crippen LogP contribution in [0.3, 0.4) is 0 Å². The van der Waals surface area contributed by atoms with E-state index >= 15 is 0 Å². The van der Waals surface area contributed by atoms with Gasteiger partial charge in [-0.1, -0.05) is 86.4 Å². The predicted molar refractivity (Wildman–Crippen MR) is 219 cm³/mol. The second kappa shape index (κ2) is 71.9. The van der Waals surface area contributed by atoms with E-state index in [4.69, 9.17) is 23.4 Å². The van der Waals surface area contributed by atoms with Gasteiger partial charge in [0.05, 0.1) is 54.5 Å². The number of carbonyl (C=O) groups is 4. The fourth-order valence-electron chi connectivity index (χ4n) is 2.18. The fourth-order valence-corrected chi connectivity index (χ4v) is 2.18. The number of esters is 4. The van der Waals surface area contributed by atoms with Crippen LogP contribution < -0.4 is 24.8 Å². The van der Waals surface area contributed by atoms with Gasteiger partial charge in [0.15, 0.2) is 0 Å². The molecule has 0 rings (SSSR count). The van der Waals surface area contributed by atoms with Gasteiger partial charge in [0.2, 0.25) is 0 Å². The maximum atomic E-state index is 11.8. The minimum absolute atomic E-state index is 0. The van der Waals surface area contributed by atoms with Crippen LogP contribution >= 0.6 is 0 Å². The van der Waals surface area contributed by atoms with E-state index in [-0.39, 0.29) is 147 Å². The van der Waals surface area contributed by atoms with Gasteiger partial charge in [-0.25, -0.2) is 4.79 Å². The van der Waals surface area contributed by atoms with Crippen molar-refractivity contribution in [3.8, 4) is 0 Å². The minimum atomic E-state index is -0.349. The van der Waals surface area contributed by atoms with Crippen molar-refractivity contribution in [2.24, 2.45) is 5.92 Å². The van der Waals surface area contributed by atoms with Crippen LogP contribution in [-0.4, -0.2) is 138 Å². The number of hydrogen-bond acceptors (Lipinski definition) is 10. The van der Waals surface area contributed by atoms with Crippen molar-refractivity contribution in [1.82, 2.24) is 0 Å². The van der Waals surface area contributed by atoms with Crippen LogP contribution in [0, 0.1) is 10.3 Å². The van der Waals surface area contributed by atoms with E-state index < -0.39 is 0 Å². The zero-order chi connectivity index (χ0) is 33.7. The van der Waals surface area contributed by atoms with Crippen molar-refractivity contribution in [3.05, 3.63) is 25.5 Å². The summed E-state index contributed by atoms with van der Waals surface area (Å²) in [7, 11) is 12.3.